The Morgan fingerprint density at radius 2 is 1.80 bits per heavy atom. The number of nitrogens with zero attached hydrogens (tertiary/aromatic N) is 4. The second-order valence-electron chi connectivity index (χ2n) is 3.47. The number of ether oxygens (including phenoxy) is 2. The first-order valence-corrected chi connectivity index (χ1v) is 5.78. The quantitative estimate of drug-likeness (QED) is 0.904. The van der Waals surface area contributed by atoms with Gasteiger partial charge in [-0.15, -0.1) is 10.2 Å². The summed E-state index contributed by atoms with van der Waals surface area (Å²) in [4.78, 5) is 19.8. The van der Waals surface area contributed by atoms with Gasteiger partial charge in [0, 0.05) is 0 Å². The first-order chi connectivity index (χ1) is 9.62. The van der Waals surface area contributed by atoms with Crippen LogP contribution in [0.2, 0.25) is 5.15 Å². The van der Waals surface area contributed by atoms with Crippen molar-refractivity contribution in [3.63, 3.8) is 0 Å². The molecule has 0 aromatic carbocycles. The highest BCUT2D eigenvalue weighted by molar-refractivity contribution is 6.29. The summed E-state index contributed by atoms with van der Waals surface area (Å²) in [6.07, 6.45) is 0. The minimum atomic E-state index is -0.524. The molecule has 1 amide bonds. The van der Waals surface area contributed by atoms with E-state index in [9.17, 15) is 4.79 Å². The van der Waals surface area contributed by atoms with E-state index in [-0.39, 0.29) is 28.6 Å². The molecule has 0 bridgehead atoms. The Morgan fingerprint density at radius 1 is 1.15 bits per heavy atom. The van der Waals surface area contributed by atoms with Crippen LogP contribution in [0.1, 0.15) is 10.5 Å². The summed E-state index contributed by atoms with van der Waals surface area (Å²) in [5.41, 5.74) is 0.0831. The zero-order valence-electron chi connectivity index (χ0n) is 10.6. The summed E-state index contributed by atoms with van der Waals surface area (Å²) in [5.74, 6) is 0.0242. The number of aromatic nitrogens is 4. The van der Waals surface area contributed by atoms with Gasteiger partial charge < -0.3 is 9.47 Å². The molecular weight excluding hydrogens is 286 g/mol. The number of hydrogen-bond acceptors (Lipinski definition) is 7. The monoisotopic (exact) mass is 295 g/mol. The maximum absolute atomic E-state index is 11.9. The van der Waals surface area contributed by atoms with Gasteiger partial charge in [-0.1, -0.05) is 11.6 Å². The van der Waals surface area contributed by atoms with Gasteiger partial charge in [0.15, 0.2) is 10.8 Å². The summed E-state index contributed by atoms with van der Waals surface area (Å²) in [6.45, 7) is 0. The van der Waals surface area contributed by atoms with Crippen LogP contribution in [0, 0.1) is 0 Å². The molecule has 20 heavy (non-hydrogen) atoms. The molecule has 0 aliphatic rings. The van der Waals surface area contributed by atoms with Gasteiger partial charge in [0.25, 0.3) is 5.91 Å². The Hall–Kier alpha value is -2.48. The molecule has 0 aliphatic carbocycles. The molecule has 9 heteroatoms. The van der Waals surface area contributed by atoms with Gasteiger partial charge in [0.05, 0.1) is 20.3 Å². The van der Waals surface area contributed by atoms with E-state index in [1.54, 1.807) is 0 Å². The van der Waals surface area contributed by atoms with Crippen molar-refractivity contribution in [2.24, 2.45) is 0 Å². The van der Waals surface area contributed by atoms with E-state index >= 15 is 0 Å². The molecule has 2 rings (SSSR count). The number of carbonyl (C=O) groups excluding carboxylic acids is 1. The van der Waals surface area contributed by atoms with Crippen molar-refractivity contribution >= 4 is 23.5 Å². The predicted octanol–water partition coefficient (Wildman–Crippen LogP) is 1.19. The highest BCUT2D eigenvalue weighted by Crippen LogP contribution is 2.17. The molecule has 0 radical (unpaired) electrons. The molecule has 0 atom stereocenters. The van der Waals surface area contributed by atoms with E-state index < -0.39 is 5.91 Å². The maximum atomic E-state index is 11.9. The minimum Gasteiger partial charge on any atom is -0.481 e. The fourth-order valence-corrected chi connectivity index (χ4v) is 1.37. The van der Waals surface area contributed by atoms with Crippen LogP contribution in [-0.4, -0.2) is 40.3 Å². The highest BCUT2D eigenvalue weighted by Gasteiger charge is 2.12. The number of carbonyl (C=O) groups is 1. The topological polar surface area (TPSA) is 99.1 Å². The summed E-state index contributed by atoms with van der Waals surface area (Å²) < 4.78 is 9.95. The van der Waals surface area contributed by atoms with Crippen LogP contribution < -0.4 is 14.8 Å². The molecule has 0 fully saturated rings. The van der Waals surface area contributed by atoms with E-state index in [0.29, 0.717) is 0 Å². The van der Waals surface area contributed by atoms with Gasteiger partial charge in [-0.25, -0.2) is 0 Å². The Labute approximate surface area is 119 Å². The van der Waals surface area contributed by atoms with E-state index in [1.807, 2.05) is 0 Å². The third kappa shape index (κ3) is 3.29. The maximum Gasteiger partial charge on any atom is 0.278 e. The lowest BCUT2D eigenvalue weighted by Crippen LogP contribution is -2.16. The second-order valence-corrected chi connectivity index (χ2v) is 3.86. The zero-order valence-corrected chi connectivity index (χ0v) is 11.4. The lowest BCUT2D eigenvalue weighted by molar-refractivity contribution is 0.102. The number of hydrogen-bond donors (Lipinski definition) is 1. The molecule has 0 saturated carbocycles. The third-order valence-corrected chi connectivity index (χ3v) is 2.39. The van der Waals surface area contributed by atoms with Crippen molar-refractivity contribution in [3.05, 3.63) is 29.0 Å². The first kappa shape index (κ1) is 13.9. The molecule has 2 heterocycles. The van der Waals surface area contributed by atoms with Crippen molar-refractivity contribution in [2.45, 2.75) is 0 Å². The van der Waals surface area contributed by atoms with Crippen LogP contribution in [0.3, 0.4) is 0 Å². The third-order valence-electron chi connectivity index (χ3n) is 2.19. The van der Waals surface area contributed by atoms with Gasteiger partial charge in [-0.3, -0.25) is 10.1 Å². The number of rotatable bonds is 4. The van der Waals surface area contributed by atoms with Crippen molar-refractivity contribution in [2.75, 3.05) is 19.5 Å². The first-order valence-electron chi connectivity index (χ1n) is 5.40. The van der Waals surface area contributed by atoms with E-state index in [0.717, 1.165) is 0 Å². The predicted molar refractivity (Wildman–Crippen MR) is 70.1 cm³/mol. The van der Waals surface area contributed by atoms with Crippen LogP contribution in [0.15, 0.2) is 18.2 Å². The van der Waals surface area contributed by atoms with Gasteiger partial charge >= 0.3 is 0 Å². The Morgan fingerprint density at radius 3 is 2.30 bits per heavy atom. The van der Waals surface area contributed by atoms with Crippen LogP contribution in [0.5, 0.6) is 11.8 Å². The fraction of sp³-hybridized carbons (Fsp3) is 0.182. The minimum absolute atomic E-state index is 0.0305. The number of nitrogens with one attached hydrogen (secondary N) is 1. The molecule has 0 aliphatic heterocycles. The molecule has 0 spiro atoms. The van der Waals surface area contributed by atoms with Crippen LogP contribution >= 0.6 is 11.6 Å². The Balaban J connectivity index is 2.20. The number of anilines is 1. The second kappa shape index (κ2) is 6.11. The lowest BCUT2D eigenvalue weighted by atomic mass is 10.4. The highest BCUT2D eigenvalue weighted by atomic mass is 35.5. The Bertz CT molecular complexity index is 598. The van der Waals surface area contributed by atoms with Gasteiger partial charge in [-0.05, 0) is 12.1 Å². The van der Waals surface area contributed by atoms with E-state index in [1.165, 1.54) is 32.4 Å². The normalized spacial score (nSPS) is 9.95. The summed E-state index contributed by atoms with van der Waals surface area (Å²) in [7, 11) is 2.89. The SMILES string of the molecule is COc1cc(OC)nc(NC(=O)c2ccc(Cl)nn2)n1. The Kier molecular flexibility index (Phi) is 4.26. The zero-order chi connectivity index (χ0) is 14.5. The number of amides is 1. The molecule has 0 saturated heterocycles. The molecule has 0 unspecified atom stereocenters. The van der Waals surface area contributed by atoms with Crippen molar-refractivity contribution in [1.29, 1.82) is 0 Å². The summed E-state index contributed by atoms with van der Waals surface area (Å²) in [6, 6.07) is 4.37. The average molecular weight is 296 g/mol. The van der Waals surface area contributed by atoms with Crippen LogP contribution in [0.4, 0.5) is 5.95 Å². The summed E-state index contributed by atoms with van der Waals surface area (Å²) >= 11 is 5.59. The van der Waals surface area contributed by atoms with Gasteiger partial charge in [-0.2, -0.15) is 9.97 Å². The van der Waals surface area contributed by atoms with E-state index in [2.05, 4.69) is 25.5 Å². The van der Waals surface area contributed by atoms with Crippen molar-refractivity contribution in [1.82, 2.24) is 20.2 Å². The van der Waals surface area contributed by atoms with Gasteiger partial charge in [0.1, 0.15) is 0 Å². The summed E-state index contributed by atoms with van der Waals surface area (Å²) in [5, 5.41) is 9.88. The fourth-order valence-electron chi connectivity index (χ4n) is 1.27. The van der Waals surface area contributed by atoms with Crippen LogP contribution in [-0.2, 0) is 0 Å². The van der Waals surface area contributed by atoms with E-state index in [4.69, 9.17) is 21.1 Å². The van der Waals surface area contributed by atoms with Crippen molar-refractivity contribution < 1.29 is 14.3 Å². The number of methoxy groups -OCH3 is 2. The molecule has 2 aromatic heterocycles. The number of halogens is 1. The standard InChI is InChI=1S/C11H10ClN5O3/c1-19-8-5-9(20-2)14-11(13-8)15-10(18)6-3-4-7(12)17-16-6/h3-5H,1-2H3,(H,13,14,15,18). The molecule has 104 valence electrons. The van der Waals surface area contributed by atoms with Crippen molar-refractivity contribution in [3.8, 4) is 11.8 Å². The lowest BCUT2D eigenvalue weighted by Gasteiger charge is -2.07. The van der Waals surface area contributed by atoms with Gasteiger partial charge in [0.2, 0.25) is 17.7 Å². The molecular formula is C11H10ClN5O3. The smallest absolute Gasteiger partial charge is 0.278 e. The average Bonchev–Trinajstić information content (AvgIpc) is 2.47. The van der Waals surface area contributed by atoms with Crippen LogP contribution in [0.25, 0.3) is 0 Å². The molecule has 8 nitrogen and oxygen atoms in total. The largest absolute Gasteiger partial charge is 0.481 e. The molecule has 2 aromatic rings. The molecule has 1 N–H and O–H groups in total.